The van der Waals surface area contributed by atoms with Crippen LogP contribution < -0.4 is 0 Å². The number of amides is 1. The molecule has 1 aromatic rings. The Bertz CT molecular complexity index is 558. The molecule has 1 amide bonds. The van der Waals surface area contributed by atoms with Crippen LogP contribution in [0.3, 0.4) is 0 Å². The van der Waals surface area contributed by atoms with E-state index in [1.807, 2.05) is 0 Å². The second-order valence-electron chi connectivity index (χ2n) is 4.65. The number of carbonyl (C=O) groups is 2. The number of hydrogen-bond acceptors (Lipinski definition) is 2. The molecule has 21 heavy (non-hydrogen) atoms. The maximum atomic E-state index is 12.7. The molecule has 0 heterocycles. The van der Waals surface area contributed by atoms with Crippen molar-refractivity contribution in [2.45, 2.75) is 26.1 Å². The van der Waals surface area contributed by atoms with Crippen LogP contribution in [-0.2, 0) is 11.0 Å². The lowest BCUT2D eigenvalue weighted by Gasteiger charge is -2.25. The van der Waals surface area contributed by atoms with Crippen LogP contribution in [0.15, 0.2) is 18.2 Å². The van der Waals surface area contributed by atoms with Crippen LogP contribution in [0.25, 0.3) is 0 Å². The van der Waals surface area contributed by atoms with Crippen molar-refractivity contribution in [1.29, 1.82) is 0 Å². The standard InChI is InChI=1S/C13H13ClF3NO3/c1-7(2)18(6-11(19)20)12(21)8-3-9(13(15,16)17)5-10(14)4-8/h3-5,7H,6H2,1-2H3,(H,19,20). The van der Waals surface area contributed by atoms with Crippen LogP contribution in [0.2, 0.25) is 5.02 Å². The van der Waals surface area contributed by atoms with Gasteiger partial charge in [-0.1, -0.05) is 11.6 Å². The summed E-state index contributed by atoms with van der Waals surface area (Å²) in [5.41, 5.74) is -1.36. The summed E-state index contributed by atoms with van der Waals surface area (Å²) in [7, 11) is 0. The molecule has 116 valence electrons. The van der Waals surface area contributed by atoms with Gasteiger partial charge in [0.1, 0.15) is 6.54 Å². The molecule has 8 heteroatoms. The molecule has 0 bridgehead atoms. The van der Waals surface area contributed by atoms with Crippen molar-refractivity contribution in [2.75, 3.05) is 6.54 Å². The van der Waals surface area contributed by atoms with Crippen molar-refractivity contribution >= 4 is 23.5 Å². The zero-order valence-corrected chi connectivity index (χ0v) is 12.0. The fourth-order valence-electron chi connectivity index (χ4n) is 1.68. The van der Waals surface area contributed by atoms with E-state index in [4.69, 9.17) is 16.7 Å². The van der Waals surface area contributed by atoms with Gasteiger partial charge in [-0.15, -0.1) is 0 Å². The summed E-state index contributed by atoms with van der Waals surface area (Å²) >= 11 is 5.60. The lowest BCUT2D eigenvalue weighted by molar-refractivity contribution is -0.139. The van der Waals surface area contributed by atoms with Gasteiger partial charge in [-0.3, -0.25) is 9.59 Å². The highest BCUT2D eigenvalue weighted by atomic mass is 35.5. The minimum atomic E-state index is -4.64. The Balaban J connectivity index is 3.22. The highest BCUT2D eigenvalue weighted by molar-refractivity contribution is 6.31. The molecule has 0 aliphatic carbocycles. The van der Waals surface area contributed by atoms with Crippen LogP contribution in [0.1, 0.15) is 29.8 Å². The predicted molar refractivity (Wildman–Crippen MR) is 70.3 cm³/mol. The summed E-state index contributed by atoms with van der Waals surface area (Å²) in [6, 6.07) is 1.96. The van der Waals surface area contributed by atoms with E-state index in [0.29, 0.717) is 12.1 Å². The van der Waals surface area contributed by atoms with Gasteiger partial charge in [-0.25, -0.2) is 0 Å². The minimum Gasteiger partial charge on any atom is -0.480 e. The Hall–Kier alpha value is -1.76. The Morgan fingerprint density at radius 1 is 1.29 bits per heavy atom. The number of hydrogen-bond donors (Lipinski definition) is 1. The number of nitrogens with zero attached hydrogens (tertiary/aromatic N) is 1. The van der Waals surface area contributed by atoms with E-state index in [-0.39, 0.29) is 10.6 Å². The van der Waals surface area contributed by atoms with E-state index >= 15 is 0 Å². The van der Waals surface area contributed by atoms with Gasteiger partial charge in [0.15, 0.2) is 0 Å². The van der Waals surface area contributed by atoms with Crippen molar-refractivity contribution < 1.29 is 27.9 Å². The Morgan fingerprint density at radius 2 is 1.86 bits per heavy atom. The molecule has 1 rings (SSSR count). The van der Waals surface area contributed by atoms with Crippen molar-refractivity contribution in [2.24, 2.45) is 0 Å². The molecule has 1 aromatic carbocycles. The van der Waals surface area contributed by atoms with Gasteiger partial charge in [0.2, 0.25) is 0 Å². The summed E-state index contributed by atoms with van der Waals surface area (Å²) in [4.78, 5) is 23.9. The first-order valence-corrected chi connectivity index (χ1v) is 6.30. The first-order chi connectivity index (χ1) is 9.52. The Labute approximate surface area is 124 Å². The number of rotatable bonds is 4. The molecule has 0 radical (unpaired) electrons. The lowest BCUT2D eigenvalue weighted by atomic mass is 10.1. The fourth-order valence-corrected chi connectivity index (χ4v) is 1.91. The molecule has 0 fully saturated rings. The highest BCUT2D eigenvalue weighted by Gasteiger charge is 2.32. The van der Waals surface area contributed by atoms with Crippen molar-refractivity contribution in [3.63, 3.8) is 0 Å². The Morgan fingerprint density at radius 3 is 2.29 bits per heavy atom. The van der Waals surface area contributed by atoms with Gasteiger partial charge in [0.05, 0.1) is 5.56 Å². The molecule has 0 aliphatic rings. The summed E-state index contributed by atoms with van der Waals surface area (Å²) in [6.07, 6.45) is -4.64. The van der Waals surface area contributed by atoms with Gasteiger partial charge in [-0.2, -0.15) is 13.2 Å². The SMILES string of the molecule is CC(C)N(CC(=O)O)C(=O)c1cc(Cl)cc(C(F)(F)F)c1. The van der Waals surface area contributed by atoms with E-state index in [0.717, 1.165) is 11.0 Å². The van der Waals surface area contributed by atoms with Crippen molar-refractivity contribution in [3.05, 3.63) is 34.3 Å². The van der Waals surface area contributed by atoms with E-state index in [1.54, 1.807) is 13.8 Å². The van der Waals surface area contributed by atoms with E-state index in [2.05, 4.69) is 0 Å². The summed E-state index contributed by atoms with van der Waals surface area (Å²) in [6.45, 7) is 2.52. The van der Waals surface area contributed by atoms with Gasteiger partial charge < -0.3 is 10.0 Å². The molecular formula is C13H13ClF3NO3. The average molecular weight is 324 g/mol. The zero-order chi connectivity index (χ0) is 16.4. The van der Waals surface area contributed by atoms with Crippen LogP contribution in [0.5, 0.6) is 0 Å². The lowest BCUT2D eigenvalue weighted by Crippen LogP contribution is -2.40. The maximum absolute atomic E-state index is 12.7. The Kier molecular flexibility index (Phi) is 5.22. The largest absolute Gasteiger partial charge is 0.480 e. The molecular weight excluding hydrogens is 311 g/mol. The van der Waals surface area contributed by atoms with Crippen LogP contribution in [0.4, 0.5) is 13.2 Å². The molecule has 0 atom stereocenters. The first-order valence-electron chi connectivity index (χ1n) is 5.93. The summed E-state index contributed by atoms with van der Waals surface area (Å²) in [5, 5.41) is 8.52. The predicted octanol–water partition coefficient (Wildman–Crippen LogP) is 3.29. The molecule has 0 spiro atoms. The summed E-state index contributed by atoms with van der Waals surface area (Å²) < 4.78 is 38.1. The summed E-state index contributed by atoms with van der Waals surface area (Å²) in [5.74, 6) is -2.07. The number of aliphatic carboxylic acids is 1. The second-order valence-corrected chi connectivity index (χ2v) is 5.08. The van der Waals surface area contributed by atoms with E-state index in [9.17, 15) is 22.8 Å². The molecule has 0 aromatic heterocycles. The maximum Gasteiger partial charge on any atom is 0.416 e. The average Bonchev–Trinajstić information content (AvgIpc) is 2.32. The smallest absolute Gasteiger partial charge is 0.416 e. The monoisotopic (exact) mass is 323 g/mol. The van der Waals surface area contributed by atoms with Gasteiger partial charge in [0.25, 0.3) is 5.91 Å². The normalized spacial score (nSPS) is 11.6. The quantitative estimate of drug-likeness (QED) is 0.925. The number of carbonyl (C=O) groups excluding carboxylic acids is 1. The van der Waals surface area contributed by atoms with Crippen LogP contribution >= 0.6 is 11.6 Å². The zero-order valence-electron chi connectivity index (χ0n) is 11.2. The van der Waals surface area contributed by atoms with Gasteiger partial charge in [0, 0.05) is 16.6 Å². The number of benzene rings is 1. The molecule has 0 aliphatic heterocycles. The third-order valence-corrected chi connectivity index (χ3v) is 2.88. The molecule has 4 nitrogen and oxygen atoms in total. The fraction of sp³-hybridized carbons (Fsp3) is 0.385. The topological polar surface area (TPSA) is 57.6 Å². The van der Waals surface area contributed by atoms with Crippen molar-refractivity contribution in [3.8, 4) is 0 Å². The molecule has 0 unspecified atom stereocenters. The van der Waals surface area contributed by atoms with Crippen LogP contribution in [0, 0.1) is 0 Å². The third kappa shape index (κ3) is 4.63. The molecule has 0 saturated heterocycles. The van der Waals surface area contributed by atoms with E-state index in [1.165, 1.54) is 0 Å². The number of halogens is 4. The molecule has 1 N–H and O–H groups in total. The number of alkyl halides is 3. The van der Waals surface area contributed by atoms with Crippen LogP contribution in [-0.4, -0.2) is 34.5 Å². The first kappa shape index (κ1) is 17.3. The minimum absolute atomic E-state index is 0.243. The van der Waals surface area contributed by atoms with E-state index < -0.39 is 36.2 Å². The number of carboxylic acids is 1. The van der Waals surface area contributed by atoms with Gasteiger partial charge in [-0.05, 0) is 32.0 Å². The third-order valence-electron chi connectivity index (χ3n) is 2.66. The molecule has 0 saturated carbocycles. The second kappa shape index (κ2) is 6.34. The highest BCUT2D eigenvalue weighted by Crippen LogP contribution is 2.32. The number of carboxylic acid groups (broad SMARTS) is 1. The van der Waals surface area contributed by atoms with Crippen molar-refractivity contribution in [1.82, 2.24) is 4.90 Å². The van der Waals surface area contributed by atoms with Gasteiger partial charge >= 0.3 is 12.1 Å².